The van der Waals surface area contributed by atoms with Crippen molar-refractivity contribution in [1.29, 1.82) is 0 Å². The van der Waals surface area contributed by atoms with Crippen LogP contribution in [0.25, 0.3) is 0 Å². The zero-order valence-corrected chi connectivity index (χ0v) is 7.73. The van der Waals surface area contributed by atoms with E-state index in [2.05, 4.69) is 0 Å². The van der Waals surface area contributed by atoms with E-state index in [1.165, 1.54) is 4.90 Å². The minimum absolute atomic E-state index is 0.189. The maximum absolute atomic E-state index is 11.4. The van der Waals surface area contributed by atoms with Gasteiger partial charge in [-0.1, -0.05) is 0 Å². The van der Waals surface area contributed by atoms with Crippen LogP contribution in [0.1, 0.15) is 13.3 Å². The molecule has 0 bridgehead atoms. The third kappa shape index (κ3) is 1.67. The molecular weight excluding hydrogens is 172 g/mol. The number of aliphatic hydroxyl groups excluding tert-OH is 2. The number of rotatable bonds is 3. The lowest BCUT2D eigenvalue weighted by Crippen LogP contribution is -2.54. The van der Waals surface area contributed by atoms with Crippen LogP contribution < -0.4 is 5.73 Å². The number of aliphatic hydroxyl groups is 2. The van der Waals surface area contributed by atoms with Gasteiger partial charge in [-0.15, -0.1) is 0 Å². The van der Waals surface area contributed by atoms with E-state index in [4.69, 9.17) is 15.9 Å². The maximum Gasteiger partial charge on any atom is 0.240 e. The van der Waals surface area contributed by atoms with Gasteiger partial charge in [-0.2, -0.15) is 0 Å². The third-order valence-electron chi connectivity index (χ3n) is 2.58. The summed E-state index contributed by atoms with van der Waals surface area (Å²) in [5.74, 6) is -0.189. The molecule has 1 heterocycles. The van der Waals surface area contributed by atoms with Crippen molar-refractivity contribution in [3.05, 3.63) is 0 Å². The lowest BCUT2D eigenvalue weighted by molar-refractivity contribution is -0.137. The molecule has 1 unspecified atom stereocenters. The monoisotopic (exact) mass is 188 g/mol. The van der Waals surface area contributed by atoms with Gasteiger partial charge in [0.25, 0.3) is 0 Å². The fourth-order valence-electron chi connectivity index (χ4n) is 1.46. The standard InChI is InChI=1S/C8H16N2O3/c1-8(4-11,5-12)10-3-2-6(9)7(10)13/h6,11-12H,2-5,9H2,1H3. The molecule has 5 nitrogen and oxygen atoms in total. The highest BCUT2D eigenvalue weighted by atomic mass is 16.3. The van der Waals surface area contributed by atoms with Gasteiger partial charge in [0.05, 0.1) is 24.8 Å². The van der Waals surface area contributed by atoms with Crippen LogP contribution in [0.4, 0.5) is 0 Å². The van der Waals surface area contributed by atoms with Gasteiger partial charge in [0.1, 0.15) is 0 Å². The molecule has 1 amide bonds. The van der Waals surface area contributed by atoms with Crippen LogP contribution in [-0.4, -0.2) is 52.4 Å². The van der Waals surface area contributed by atoms with Crippen molar-refractivity contribution in [3.63, 3.8) is 0 Å². The Hall–Kier alpha value is -0.650. The van der Waals surface area contributed by atoms with Gasteiger partial charge >= 0.3 is 0 Å². The summed E-state index contributed by atoms with van der Waals surface area (Å²) in [5.41, 5.74) is 4.65. The van der Waals surface area contributed by atoms with Gasteiger partial charge in [0, 0.05) is 6.54 Å². The molecule has 4 N–H and O–H groups in total. The highest BCUT2D eigenvalue weighted by molar-refractivity contribution is 5.84. The molecule has 0 saturated carbocycles. The summed E-state index contributed by atoms with van der Waals surface area (Å²) in [6.45, 7) is 1.66. The lowest BCUT2D eigenvalue weighted by atomic mass is 10.0. The van der Waals surface area contributed by atoms with Crippen LogP contribution in [0.5, 0.6) is 0 Å². The number of likely N-dealkylation sites (tertiary alicyclic amines) is 1. The van der Waals surface area contributed by atoms with E-state index in [1.807, 2.05) is 0 Å². The van der Waals surface area contributed by atoms with E-state index in [0.717, 1.165) is 0 Å². The van der Waals surface area contributed by atoms with E-state index in [-0.39, 0.29) is 19.1 Å². The Morgan fingerprint density at radius 2 is 2.15 bits per heavy atom. The van der Waals surface area contributed by atoms with Gasteiger partial charge < -0.3 is 20.8 Å². The van der Waals surface area contributed by atoms with Crippen molar-refractivity contribution in [3.8, 4) is 0 Å². The number of nitrogens with two attached hydrogens (primary N) is 1. The van der Waals surface area contributed by atoms with E-state index in [1.54, 1.807) is 6.92 Å². The van der Waals surface area contributed by atoms with E-state index >= 15 is 0 Å². The van der Waals surface area contributed by atoms with Crippen molar-refractivity contribution >= 4 is 5.91 Å². The van der Waals surface area contributed by atoms with Crippen LogP contribution in [-0.2, 0) is 4.79 Å². The van der Waals surface area contributed by atoms with Gasteiger partial charge in [0.2, 0.25) is 5.91 Å². The van der Waals surface area contributed by atoms with Gasteiger partial charge in [-0.3, -0.25) is 4.79 Å². The molecule has 0 aromatic rings. The van der Waals surface area contributed by atoms with Crippen LogP contribution in [0.3, 0.4) is 0 Å². The molecule has 0 aromatic heterocycles. The second-order valence-corrected chi connectivity index (χ2v) is 3.70. The quantitative estimate of drug-likeness (QED) is 0.492. The average molecular weight is 188 g/mol. The van der Waals surface area contributed by atoms with E-state index in [9.17, 15) is 4.79 Å². The first-order valence-corrected chi connectivity index (χ1v) is 4.34. The molecule has 1 fully saturated rings. The van der Waals surface area contributed by atoms with Crippen LogP contribution in [0.15, 0.2) is 0 Å². The minimum atomic E-state index is -0.870. The largest absolute Gasteiger partial charge is 0.394 e. The number of amides is 1. The molecule has 76 valence electrons. The number of carbonyl (C=O) groups is 1. The number of carbonyl (C=O) groups excluding carboxylic acids is 1. The van der Waals surface area contributed by atoms with Crippen molar-refractivity contribution in [1.82, 2.24) is 4.90 Å². The molecule has 1 aliphatic rings. The number of hydrogen-bond donors (Lipinski definition) is 3. The average Bonchev–Trinajstić information content (AvgIpc) is 2.47. The molecule has 0 aliphatic carbocycles. The summed E-state index contributed by atoms with van der Waals surface area (Å²) >= 11 is 0. The van der Waals surface area contributed by atoms with Crippen LogP contribution in [0, 0.1) is 0 Å². The summed E-state index contributed by atoms with van der Waals surface area (Å²) < 4.78 is 0. The Bertz CT molecular complexity index is 204. The first-order chi connectivity index (χ1) is 6.05. The second-order valence-electron chi connectivity index (χ2n) is 3.70. The summed E-state index contributed by atoms with van der Waals surface area (Å²) in [6.07, 6.45) is 0.592. The van der Waals surface area contributed by atoms with Gasteiger partial charge in [-0.25, -0.2) is 0 Å². The maximum atomic E-state index is 11.4. The first kappa shape index (κ1) is 10.4. The molecule has 1 atom stereocenters. The van der Waals surface area contributed by atoms with Gasteiger partial charge in [-0.05, 0) is 13.3 Å². The first-order valence-electron chi connectivity index (χ1n) is 4.34. The van der Waals surface area contributed by atoms with Crippen molar-refractivity contribution in [2.75, 3.05) is 19.8 Å². The van der Waals surface area contributed by atoms with E-state index in [0.29, 0.717) is 13.0 Å². The highest BCUT2D eigenvalue weighted by Gasteiger charge is 2.40. The fourth-order valence-corrected chi connectivity index (χ4v) is 1.46. The summed E-state index contributed by atoms with van der Waals surface area (Å²) in [6, 6.07) is -0.475. The predicted molar refractivity (Wildman–Crippen MR) is 46.9 cm³/mol. The molecule has 1 rings (SSSR count). The fraction of sp³-hybridized carbons (Fsp3) is 0.875. The molecule has 1 saturated heterocycles. The normalized spacial score (nSPS) is 24.2. The molecular formula is C8H16N2O3. The molecule has 0 radical (unpaired) electrons. The predicted octanol–water partition coefficient (Wildman–Crippen LogP) is -1.71. The van der Waals surface area contributed by atoms with Crippen molar-refractivity contribution in [2.45, 2.75) is 24.9 Å². The molecule has 0 aromatic carbocycles. The Kier molecular flexibility index (Phi) is 2.90. The summed E-state index contributed by atoms with van der Waals surface area (Å²) in [4.78, 5) is 12.9. The lowest BCUT2D eigenvalue weighted by Gasteiger charge is -2.35. The topological polar surface area (TPSA) is 86.8 Å². The Morgan fingerprint density at radius 1 is 1.62 bits per heavy atom. The molecule has 13 heavy (non-hydrogen) atoms. The summed E-state index contributed by atoms with van der Waals surface area (Å²) in [7, 11) is 0. The van der Waals surface area contributed by atoms with Crippen LogP contribution in [0.2, 0.25) is 0 Å². The zero-order valence-electron chi connectivity index (χ0n) is 7.73. The Morgan fingerprint density at radius 3 is 2.46 bits per heavy atom. The Balaban J connectivity index is 2.76. The second kappa shape index (κ2) is 3.61. The third-order valence-corrected chi connectivity index (χ3v) is 2.58. The summed E-state index contributed by atoms with van der Waals surface area (Å²) in [5, 5.41) is 18.1. The molecule has 1 aliphatic heterocycles. The zero-order chi connectivity index (χ0) is 10.1. The van der Waals surface area contributed by atoms with Gasteiger partial charge in [0.15, 0.2) is 0 Å². The Labute approximate surface area is 77.1 Å². The molecule has 5 heteroatoms. The highest BCUT2D eigenvalue weighted by Crippen LogP contribution is 2.21. The van der Waals surface area contributed by atoms with Crippen molar-refractivity contribution < 1.29 is 15.0 Å². The SMILES string of the molecule is CC(CO)(CO)N1CCC(N)C1=O. The van der Waals surface area contributed by atoms with Crippen LogP contribution >= 0.6 is 0 Å². The number of nitrogens with zero attached hydrogens (tertiary/aromatic N) is 1. The van der Waals surface area contributed by atoms with Crippen molar-refractivity contribution in [2.24, 2.45) is 5.73 Å². The minimum Gasteiger partial charge on any atom is -0.394 e. The molecule has 0 spiro atoms. The smallest absolute Gasteiger partial charge is 0.240 e. The van der Waals surface area contributed by atoms with E-state index < -0.39 is 11.6 Å². The number of hydrogen-bond acceptors (Lipinski definition) is 4.